The summed E-state index contributed by atoms with van der Waals surface area (Å²) < 4.78 is 24.9. The van der Waals surface area contributed by atoms with Crippen LogP contribution in [0, 0.1) is 5.92 Å². The van der Waals surface area contributed by atoms with E-state index >= 15 is 0 Å². The number of rotatable bonds is 3. The molecule has 144 valence electrons. The van der Waals surface area contributed by atoms with Crippen molar-refractivity contribution in [3.63, 3.8) is 0 Å². The number of aromatic nitrogens is 2. The van der Waals surface area contributed by atoms with Crippen molar-refractivity contribution in [1.29, 1.82) is 0 Å². The molecule has 1 spiro atoms. The first kappa shape index (κ1) is 19.0. The Morgan fingerprint density at radius 2 is 2.12 bits per heavy atom. The molecule has 3 rings (SSSR count). The van der Waals surface area contributed by atoms with Crippen molar-refractivity contribution >= 4 is 21.5 Å². The molecule has 3 heterocycles. The third kappa shape index (κ3) is 4.32. The van der Waals surface area contributed by atoms with E-state index in [-0.39, 0.29) is 17.7 Å². The zero-order chi connectivity index (χ0) is 18.8. The molecule has 1 aromatic rings. The molecule has 2 aliphatic heterocycles. The third-order valence-corrected chi connectivity index (χ3v) is 7.37. The van der Waals surface area contributed by atoms with Gasteiger partial charge in [-0.3, -0.25) is 9.59 Å². The monoisotopic (exact) mass is 382 g/mol. The van der Waals surface area contributed by atoms with E-state index in [9.17, 15) is 13.8 Å². The maximum atomic E-state index is 13.0. The second-order valence-corrected chi connectivity index (χ2v) is 9.79. The number of imidazole rings is 1. The molecule has 2 fully saturated rings. The second-order valence-electron chi connectivity index (χ2n) is 7.24. The molecule has 8 nitrogen and oxygen atoms in total. The summed E-state index contributed by atoms with van der Waals surface area (Å²) in [6.45, 7) is 5.44. The highest BCUT2D eigenvalue weighted by atomic mass is 32.2. The lowest BCUT2D eigenvalue weighted by atomic mass is 9.94. The van der Waals surface area contributed by atoms with Crippen LogP contribution in [0.15, 0.2) is 23.1 Å². The highest BCUT2D eigenvalue weighted by Crippen LogP contribution is 2.32. The Hall–Kier alpha value is -1.74. The number of nitrogens with zero attached hydrogens (tertiary/aromatic N) is 4. The van der Waals surface area contributed by atoms with Gasteiger partial charge in [-0.25, -0.2) is 9.19 Å². The van der Waals surface area contributed by atoms with E-state index in [0.29, 0.717) is 50.6 Å². The fraction of sp³-hybridized carbons (Fsp3) is 0.706. The summed E-state index contributed by atoms with van der Waals surface area (Å²) in [6, 6.07) is 0. The van der Waals surface area contributed by atoms with E-state index in [2.05, 4.69) is 9.35 Å². The van der Waals surface area contributed by atoms with Crippen molar-refractivity contribution in [1.82, 2.24) is 14.5 Å². The van der Waals surface area contributed by atoms with Gasteiger partial charge in [0.1, 0.15) is 0 Å². The Labute approximate surface area is 154 Å². The van der Waals surface area contributed by atoms with E-state index in [4.69, 9.17) is 4.74 Å². The summed E-state index contributed by atoms with van der Waals surface area (Å²) in [5, 5.41) is 0. The Kier molecular flexibility index (Phi) is 5.47. The summed E-state index contributed by atoms with van der Waals surface area (Å²) >= 11 is 0. The molecular weight excluding hydrogens is 356 g/mol. The van der Waals surface area contributed by atoms with Crippen LogP contribution in [0.4, 0.5) is 0 Å². The molecule has 0 aliphatic carbocycles. The Morgan fingerprint density at radius 1 is 1.38 bits per heavy atom. The first-order valence-electron chi connectivity index (χ1n) is 8.92. The Morgan fingerprint density at radius 3 is 2.73 bits per heavy atom. The SMILES string of the molecule is CC(=O)N1CCOC2(CCS(=O)(=NC(=O)C(C)Cn3ccnc3)CC2)C1. The van der Waals surface area contributed by atoms with E-state index in [1.807, 2.05) is 4.57 Å². The average Bonchev–Trinajstić information content (AvgIpc) is 3.11. The lowest BCUT2D eigenvalue weighted by Gasteiger charge is -2.45. The van der Waals surface area contributed by atoms with Gasteiger partial charge in [0.05, 0.1) is 34.2 Å². The standard InChI is InChI=1S/C17H26N4O4S/c1-14(11-20-6-5-18-13-20)16(23)19-26(24)9-3-17(4-10-26)12-21(15(2)22)7-8-25-17/h5-6,13-14H,3-4,7-12H2,1-2H3. The van der Waals surface area contributed by atoms with E-state index in [0.717, 1.165) is 0 Å². The van der Waals surface area contributed by atoms with Crippen LogP contribution in [0.2, 0.25) is 0 Å². The van der Waals surface area contributed by atoms with Gasteiger partial charge in [0.25, 0.3) is 5.91 Å². The average molecular weight is 382 g/mol. The van der Waals surface area contributed by atoms with Crippen LogP contribution >= 0.6 is 0 Å². The predicted octanol–water partition coefficient (Wildman–Crippen LogP) is 0.925. The van der Waals surface area contributed by atoms with Crippen LogP contribution in [-0.2, 0) is 30.6 Å². The van der Waals surface area contributed by atoms with E-state index in [1.165, 1.54) is 0 Å². The number of hydrogen-bond acceptors (Lipinski definition) is 5. The number of morpholine rings is 1. The summed E-state index contributed by atoms with van der Waals surface area (Å²) in [7, 11) is -2.56. The van der Waals surface area contributed by atoms with Crippen LogP contribution in [0.5, 0.6) is 0 Å². The van der Waals surface area contributed by atoms with Crippen LogP contribution < -0.4 is 0 Å². The number of hydrogen-bond donors (Lipinski definition) is 0. The van der Waals surface area contributed by atoms with Crippen LogP contribution in [0.1, 0.15) is 26.7 Å². The quantitative estimate of drug-likeness (QED) is 0.775. The number of amides is 2. The molecule has 0 radical (unpaired) electrons. The Balaban J connectivity index is 1.63. The highest BCUT2D eigenvalue weighted by Gasteiger charge is 2.42. The largest absolute Gasteiger partial charge is 0.371 e. The topological polar surface area (TPSA) is 93.9 Å². The van der Waals surface area contributed by atoms with Gasteiger partial charge < -0.3 is 14.2 Å². The molecule has 0 bridgehead atoms. The van der Waals surface area contributed by atoms with Gasteiger partial charge in [0, 0.05) is 50.5 Å². The minimum Gasteiger partial charge on any atom is -0.371 e. The maximum Gasteiger partial charge on any atom is 0.258 e. The molecule has 2 aliphatic rings. The highest BCUT2D eigenvalue weighted by molar-refractivity contribution is 7.93. The summed E-state index contributed by atoms with van der Waals surface area (Å²) in [5.41, 5.74) is -0.439. The summed E-state index contributed by atoms with van der Waals surface area (Å²) in [6.07, 6.45) is 6.21. The molecule has 1 atom stereocenters. The number of carbonyl (C=O) groups excluding carboxylic acids is 2. The summed E-state index contributed by atoms with van der Waals surface area (Å²) in [4.78, 5) is 29.8. The van der Waals surface area contributed by atoms with Gasteiger partial charge in [-0.15, -0.1) is 0 Å². The van der Waals surface area contributed by atoms with Gasteiger partial charge in [0.15, 0.2) is 0 Å². The van der Waals surface area contributed by atoms with Crippen molar-refractivity contribution in [3.8, 4) is 0 Å². The zero-order valence-electron chi connectivity index (χ0n) is 15.3. The molecule has 2 saturated heterocycles. The molecule has 0 aromatic carbocycles. The molecule has 26 heavy (non-hydrogen) atoms. The third-order valence-electron chi connectivity index (χ3n) is 5.17. The lowest BCUT2D eigenvalue weighted by Crippen LogP contribution is -2.56. The van der Waals surface area contributed by atoms with Crippen LogP contribution in [0.3, 0.4) is 0 Å². The molecule has 1 aromatic heterocycles. The van der Waals surface area contributed by atoms with Crippen molar-refractivity contribution < 1.29 is 18.5 Å². The normalized spacial score (nSPS) is 30.2. The second kappa shape index (κ2) is 7.48. The maximum absolute atomic E-state index is 13.0. The first-order valence-corrected chi connectivity index (χ1v) is 10.8. The number of ether oxygens (including phenoxy) is 1. The molecule has 1 unspecified atom stereocenters. The fourth-order valence-corrected chi connectivity index (χ4v) is 5.74. The summed E-state index contributed by atoms with van der Waals surface area (Å²) in [5.74, 6) is 0.0316. The van der Waals surface area contributed by atoms with Gasteiger partial charge in [0.2, 0.25) is 5.91 Å². The first-order chi connectivity index (χ1) is 12.3. The van der Waals surface area contributed by atoms with Crippen molar-refractivity contribution in [3.05, 3.63) is 18.7 Å². The smallest absolute Gasteiger partial charge is 0.258 e. The van der Waals surface area contributed by atoms with Crippen LogP contribution in [0.25, 0.3) is 0 Å². The van der Waals surface area contributed by atoms with Crippen molar-refractivity contribution in [2.45, 2.75) is 38.8 Å². The van der Waals surface area contributed by atoms with Gasteiger partial charge in [-0.2, -0.15) is 4.36 Å². The van der Waals surface area contributed by atoms with Crippen molar-refractivity contribution in [2.75, 3.05) is 31.2 Å². The minimum absolute atomic E-state index is 0.0344. The molecule has 9 heteroatoms. The van der Waals surface area contributed by atoms with Gasteiger partial charge in [-0.1, -0.05) is 6.92 Å². The minimum atomic E-state index is -2.56. The van der Waals surface area contributed by atoms with Gasteiger partial charge in [-0.05, 0) is 12.8 Å². The lowest BCUT2D eigenvalue weighted by molar-refractivity contribution is -0.150. The predicted molar refractivity (Wildman–Crippen MR) is 96.9 cm³/mol. The van der Waals surface area contributed by atoms with Gasteiger partial charge >= 0.3 is 0 Å². The number of carbonyl (C=O) groups is 2. The Bertz CT molecular complexity index is 769. The van der Waals surface area contributed by atoms with Crippen LogP contribution in [-0.4, -0.2) is 67.3 Å². The fourth-order valence-electron chi connectivity index (χ4n) is 3.47. The molecule has 0 N–H and O–H groups in total. The molecule has 2 amide bonds. The molecular formula is C17H26N4O4S. The van der Waals surface area contributed by atoms with E-state index < -0.39 is 15.3 Å². The van der Waals surface area contributed by atoms with E-state index in [1.54, 1.807) is 37.5 Å². The molecule has 0 saturated carbocycles. The van der Waals surface area contributed by atoms with Crippen molar-refractivity contribution in [2.24, 2.45) is 10.3 Å². The zero-order valence-corrected chi connectivity index (χ0v) is 16.1.